The predicted octanol–water partition coefficient (Wildman–Crippen LogP) is 1.88. The van der Waals surface area contributed by atoms with Crippen LogP contribution >= 0.6 is 0 Å². The largest absolute Gasteiger partial charge is 0.498 e. The molecule has 0 aromatic heterocycles. The van der Waals surface area contributed by atoms with Crippen LogP contribution in [0.5, 0.6) is 0 Å². The molecule has 1 aliphatic heterocycles. The number of carbonyl (C=O) groups is 1. The number of ether oxygens (including phenoxy) is 2. The molecule has 0 aliphatic carbocycles. The molecule has 0 saturated heterocycles. The molecule has 1 heterocycles. The average molecular weight is 184 g/mol. The molecule has 0 saturated carbocycles. The molecule has 1 rings (SSSR count). The second kappa shape index (κ2) is 4.30. The van der Waals surface area contributed by atoms with E-state index in [9.17, 15) is 4.79 Å². The van der Waals surface area contributed by atoms with Crippen LogP contribution in [0.4, 0.5) is 0 Å². The van der Waals surface area contributed by atoms with Crippen LogP contribution < -0.4 is 0 Å². The highest BCUT2D eigenvalue weighted by Crippen LogP contribution is 2.21. The van der Waals surface area contributed by atoms with Crippen molar-refractivity contribution in [3.05, 3.63) is 11.8 Å². The van der Waals surface area contributed by atoms with E-state index >= 15 is 0 Å². The quantitative estimate of drug-likeness (QED) is 0.628. The smallest absolute Gasteiger partial charge is 0.334 e. The first kappa shape index (κ1) is 10.1. The number of cyclic esters (lactones) is 1. The van der Waals surface area contributed by atoms with Gasteiger partial charge in [-0.3, -0.25) is 0 Å². The first-order valence-corrected chi connectivity index (χ1v) is 4.67. The molecule has 0 radical (unpaired) electrons. The molecule has 74 valence electrons. The van der Waals surface area contributed by atoms with Gasteiger partial charge in [0, 0.05) is 6.42 Å². The lowest BCUT2D eigenvalue weighted by Crippen LogP contribution is -2.27. The predicted molar refractivity (Wildman–Crippen MR) is 49.0 cm³/mol. The Morgan fingerprint density at radius 2 is 2.38 bits per heavy atom. The van der Waals surface area contributed by atoms with Gasteiger partial charge in [-0.15, -0.1) is 0 Å². The maximum Gasteiger partial charge on any atom is 0.334 e. The molecule has 0 aromatic rings. The van der Waals surface area contributed by atoms with Gasteiger partial charge in [0.2, 0.25) is 0 Å². The fourth-order valence-corrected chi connectivity index (χ4v) is 1.27. The van der Waals surface area contributed by atoms with Crippen molar-refractivity contribution in [3.8, 4) is 0 Å². The van der Waals surface area contributed by atoms with Crippen molar-refractivity contribution in [1.82, 2.24) is 0 Å². The van der Waals surface area contributed by atoms with Gasteiger partial charge < -0.3 is 9.47 Å². The molecule has 0 N–H and O–H groups in total. The molecule has 0 spiro atoms. The number of hydrogen-bond donors (Lipinski definition) is 0. The lowest BCUT2D eigenvalue weighted by molar-refractivity contribution is -0.147. The summed E-state index contributed by atoms with van der Waals surface area (Å²) in [5.41, 5.74) is 0. The summed E-state index contributed by atoms with van der Waals surface area (Å²) in [7, 11) is 0. The van der Waals surface area contributed by atoms with E-state index in [0.29, 0.717) is 18.9 Å². The molecule has 3 nitrogen and oxygen atoms in total. The molecule has 0 aromatic carbocycles. The summed E-state index contributed by atoms with van der Waals surface area (Å²) >= 11 is 0. The molecule has 0 fully saturated rings. The molecule has 0 bridgehead atoms. The van der Waals surface area contributed by atoms with E-state index in [1.54, 1.807) is 0 Å². The third kappa shape index (κ3) is 2.76. The Bertz CT molecular complexity index is 218. The molecule has 13 heavy (non-hydrogen) atoms. The summed E-state index contributed by atoms with van der Waals surface area (Å²) < 4.78 is 10.4. The van der Waals surface area contributed by atoms with Crippen molar-refractivity contribution in [2.45, 2.75) is 33.3 Å². The Morgan fingerprint density at radius 1 is 1.69 bits per heavy atom. The second-order valence-electron chi connectivity index (χ2n) is 3.47. The molecule has 1 unspecified atom stereocenters. The van der Waals surface area contributed by atoms with E-state index in [1.807, 2.05) is 20.8 Å². The summed E-state index contributed by atoms with van der Waals surface area (Å²) in [5.74, 6) is 0.805. The van der Waals surface area contributed by atoms with Gasteiger partial charge in [-0.2, -0.15) is 0 Å². The SMILES string of the molecule is CCOC1=CC(=O)OC(C(C)C)C1. The van der Waals surface area contributed by atoms with E-state index in [1.165, 1.54) is 6.08 Å². The van der Waals surface area contributed by atoms with Crippen LogP contribution in [-0.4, -0.2) is 18.7 Å². The van der Waals surface area contributed by atoms with Crippen LogP contribution in [0.25, 0.3) is 0 Å². The Hall–Kier alpha value is -0.990. The number of esters is 1. The van der Waals surface area contributed by atoms with Crippen molar-refractivity contribution in [2.75, 3.05) is 6.61 Å². The fraction of sp³-hybridized carbons (Fsp3) is 0.700. The van der Waals surface area contributed by atoms with Crippen molar-refractivity contribution < 1.29 is 14.3 Å². The van der Waals surface area contributed by atoms with Crippen molar-refractivity contribution in [2.24, 2.45) is 5.92 Å². The highest BCUT2D eigenvalue weighted by Gasteiger charge is 2.24. The summed E-state index contributed by atoms with van der Waals surface area (Å²) in [6.07, 6.45) is 2.11. The summed E-state index contributed by atoms with van der Waals surface area (Å²) in [4.78, 5) is 11.1. The van der Waals surface area contributed by atoms with Crippen LogP contribution in [0.2, 0.25) is 0 Å². The first-order chi connectivity index (χ1) is 6.13. The van der Waals surface area contributed by atoms with Gasteiger partial charge >= 0.3 is 5.97 Å². The first-order valence-electron chi connectivity index (χ1n) is 4.67. The number of carbonyl (C=O) groups excluding carboxylic acids is 1. The van der Waals surface area contributed by atoms with Crippen molar-refractivity contribution in [3.63, 3.8) is 0 Å². The van der Waals surface area contributed by atoms with E-state index in [4.69, 9.17) is 9.47 Å². The van der Waals surface area contributed by atoms with E-state index in [0.717, 1.165) is 5.76 Å². The van der Waals surface area contributed by atoms with Gasteiger partial charge in [0.1, 0.15) is 11.9 Å². The molecule has 3 heteroatoms. The highest BCUT2D eigenvalue weighted by atomic mass is 16.6. The van der Waals surface area contributed by atoms with Gasteiger partial charge in [0.25, 0.3) is 0 Å². The van der Waals surface area contributed by atoms with Gasteiger partial charge in [0.15, 0.2) is 0 Å². The lowest BCUT2D eigenvalue weighted by atomic mass is 10.0. The number of rotatable bonds is 3. The van der Waals surface area contributed by atoms with Crippen LogP contribution in [-0.2, 0) is 14.3 Å². The van der Waals surface area contributed by atoms with E-state index in [2.05, 4.69) is 0 Å². The zero-order valence-corrected chi connectivity index (χ0v) is 8.37. The topological polar surface area (TPSA) is 35.5 Å². The molecular formula is C10H16O3. The Labute approximate surface area is 78.7 Å². The Kier molecular flexibility index (Phi) is 3.34. The molecule has 1 aliphatic rings. The van der Waals surface area contributed by atoms with Gasteiger partial charge in [-0.25, -0.2) is 4.79 Å². The third-order valence-electron chi connectivity index (χ3n) is 2.02. The standard InChI is InChI=1S/C10H16O3/c1-4-12-8-5-9(7(2)3)13-10(11)6-8/h6-7,9H,4-5H2,1-3H3. The van der Waals surface area contributed by atoms with Crippen LogP contribution in [0.1, 0.15) is 27.2 Å². The fourth-order valence-electron chi connectivity index (χ4n) is 1.27. The normalized spacial score (nSPS) is 22.6. The van der Waals surface area contributed by atoms with Gasteiger partial charge in [0.05, 0.1) is 12.7 Å². The molecular weight excluding hydrogens is 168 g/mol. The molecule has 1 atom stereocenters. The van der Waals surface area contributed by atoms with Crippen LogP contribution in [0.3, 0.4) is 0 Å². The van der Waals surface area contributed by atoms with Crippen molar-refractivity contribution in [1.29, 1.82) is 0 Å². The zero-order chi connectivity index (χ0) is 9.84. The summed E-state index contributed by atoms with van der Waals surface area (Å²) in [5, 5.41) is 0. The van der Waals surface area contributed by atoms with Gasteiger partial charge in [-0.05, 0) is 12.8 Å². The minimum atomic E-state index is -0.284. The monoisotopic (exact) mass is 184 g/mol. The zero-order valence-electron chi connectivity index (χ0n) is 8.37. The lowest BCUT2D eigenvalue weighted by Gasteiger charge is -2.25. The number of hydrogen-bond acceptors (Lipinski definition) is 3. The minimum absolute atomic E-state index is 0.0287. The maximum atomic E-state index is 11.1. The van der Waals surface area contributed by atoms with E-state index in [-0.39, 0.29) is 12.1 Å². The highest BCUT2D eigenvalue weighted by molar-refractivity contribution is 5.83. The van der Waals surface area contributed by atoms with Crippen LogP contribution in [0, 0.1) is 5.92 Å². The minimum Gasteiger partial charge on any atom is -0.498 e. The van der Waals surface area contributed by atoms with Crippen LogP contribution in [0.15, 0.2) is 11.8 Å². The second-order valence-corrected chi connectivity index (χ2v) is 3.47. The third-order valence-corrected chi connectivity index (χ3v) is 2.02. The summed E-state index contributed by atoms with van der Waals surface area (Å²) in [6.45, 7) is 6.58. The van der Waals surface area contributed by atoms with Gasteiger partial charge in [-0.1, -0.05) is 13.8 Å². The Morgan fingerprint density at radius 3 is 2.92 bits per heavy atom. The van der Waals surface area contributed by atoms with E-state index < -0.39 is 0 Å². The van der Waals surface area contributed by atoms with Crippen molar-refractivity contribution >= 4 is 5.97 Å². The average Bonchev–Trinajstić information content (AvgIpc) is 2.03. The maximum absolute atomic E-state index is 11.1. The molecule has 0 amide bonds. The summed E-state index contributed by atoms with van der Waals surface area (Å²) in [6, 6.07) is 0. The Balaban J connectivity index is 2.61.